The minimum Gasteiger partial charge on any atom is -0.497 e. The zero-order valence-electron chi connectivity index (χ0n) is 13.9. The van der Waals surface area contributed by atoms with Crippen molar-refractivity contribution in [2.45, 2.75) is 19.0 Å². The molecule has 2 unspecified atom stereocenters. The minimum absolute atomic E-state index is 0.0816. The quantitative estimate of drug-likeness (QED) is 0.824. The topological polar surface area (TPSA) is 44.8 Å². The molecule has 0 saturated heterocycles. The van der Waals surface area contributed by atoms with Crippen LogP contribution in [0.15, 0.2) is 24.3 Å². The van der Waals surface area contributed by atoms with Crippen molar-refractivity contribution < 1.29 is 9.53 Å². The lowest BCUT2D eigenvalue weighted by Gasteiger charge is -2.27. The number of carbonyl (C=O) groups is 1. The zero-order chi connectivity index (χ0) is 16.0. The maximum Gasteiger partial charge on any atom is 0.238 e. The molecule has 0 heterocycles. The number of amides is 1. The molecule has 1 rings (SSSR count). The Morgan fingerprint density at radius 3 is 2.48 bits per heavy atom. The molecule has 1 aromatic rings. The van der Waals surface area contributed by atoms with Crippen molar-refractivity contribution in [2.75, 3.05) is 41.8 Å². The molecule has 0 spiro atoms. The molecule has 21 heavy (non-hydrogen) atoms. The van der Waals surface area contributed by atoms with Gasteiger partial charge in [0.25, 0.3) is 0 Å². The minimum atomic E-state index is -0.201. The molecule has 5 nitrogen and oxygen atoms in total. The third kappa shape index (κ3) is 5.02. The van der Waals surface area contributed by atoms with Crippen molar-refractivity contribution in [1.29, 1.82) is 0 Å². The smallest absolute Gasteiger partial charge is 0.238 e. The number of carbonyl (C=O) groups excluding carboxylic acids is 1. The summed E-state index contributed by atoms with van der Waals surface area (Å²) in [5, 5.41) is 3.31. The molecule has 0 radical (unpaired) electrons. The number of ether oxygens (including phenoxy) is 1. The molecule has 2 atom stereocenters. The van der Waals surface area contributed by atoms with Crippen LogP contribution in [0.2, 0.25) is 0 Å². The zero-order valence-corrected chi connectivity index (χ0v) is 13.9. The third-order valence-corrected chi connectivity index (χ3v) is 3.53. The number of hydrogen-bond acceptors (Lipinski definition) is 4. The number of rotatable bonds is 7. The highest BCUT2D eigenvalue weighted by molar-refractivity contribution is 5.80. The van der Waals surface area contributed by atoms with E-state index in [-0.39, 0.29) is 18.0 Å². The molecule has 5 heteroatoms. The summed E-state index contributed by atoms with van der Waals surface area (Å²) in [5.74, 6) is 0.926. The predicted octanol–water partition coefficient (Wildman–Crippen LogP) is 1.36. The van der Waals surface area contributed by atoms with E-state index in [1.807, 2.05) is 39.2 Å². The van der Waals surface area contributed by atoms with Crippen LogP contribution < -0.4 is 10.1 Å². The van der Waals surface area contributed by atoms with Crippen LogP contribution >= 0.6 is 0 Å². The van der Waals surface area contributed by atoms with Crippen molar-refractivity contribution in [3.63, 3.8) is 0 Å². The van der Waals surface area contributed by atoms with Gasteiger partial charge in [-0.15, -0.1) is 0 Å². The van der Waals surface area contributed by atoms with E-state index in [9.17, 15) is 4.79 Å². The Morgan fingerprint density at radius 1 is 1.29 bits per heavy atom. The summed E-state index contributed by atoms with van der Waals surface area (Å²) in [4.78, 5) is 15.6. The lowest BCUT2D eigenvalue weighted by Crippen LogP contribution is -2.44. The van der Waals surface area contributed by atoms with Gasteiger partial charge in [-0.1, -0.05) is 12.1 Å². The van der Waals surface area contributed by atoms with Gasteiger partial charge in [-0.05, 0) is 38.7 Å². The number of hydrogen-bond donors (Lipinski definition) is 1. The van der Waals surface area contributed by atoms with Crippen LogP contribution in [0.25, 0.3) is 0 Å². The number of nitrogens with one attached hydrogen (secondary N) is 1. The Morgan fingerprint density at radius 2 is 1.95 bits per heavy atom. The number of methoxy groups -OCH3 is 1. The van der Waals surface area contributed by atoms with Gasteiger partial charge in [0.1, 0.15) is 5.75 Å². The summed E-state index contributed by atoms with van der Waals surface area (Å²) < 4.78 is 5.28. The molecule has 1 amide bonds. The highest BCUT2D eigenvalue weighted by atomic mass is 16.5. The van der Waals surface area contributed by atoms with Crippen molar-refractivity contribution >= 4 is 5.91 Å². The molecular formula is C16H27N3O2. The summed E-state index contributed by atoms with van der Waals surface area (Å²) in [6.45, 7) is 2.58. The van der Waals surface area contributed by atoms with E-state index >= 15 is 0 Å². The summed E-state index contributed by atoms with van der Waals surface area (Å²) in [7, 11) is 9.27. The third-order valence-electron chi connectivity index (χ3n) is 3.53. The molecule has 0 aromatic heterocycles. The first-order chi connectivity index (χ1) is 9.86. The summed E-state index contributed by atoms with van der Waals surface area (Å²) in [6.07, 6.45) is 0. The highest BCUT2D eigenvalue weighted by Crippen LogP contribution is 2.22. The first-order valence-electron chi connectivity index (χ1n) is 7.11. The fourth-order valence-corrected chi connectivity index (χ4v) is 2.21. The van der Waals surface area contributed by atoms with Gasteiger partial charge in [0.15, 0.2) is 0 Å². The van der Waals surface area contributed by atoms with Crippen LogP contribution in [0.3, 0.4) is 0 Å². The normalized spacial score (nSPS) is 13.9. The molecule has 0 bridgehead atoms. The van der Waals surface area contributed by atoms with Crippen LogP contribution in [-0.2, 0) is 4.79 Å². The van der Waals surface area contributed by atoms with E-state index in [0.717, 1.165) is 11.3 Å². The van der Waals surface area contributed by atoms with E-state index in [1.165, 1.54) is 0 Å². The van der Waals surface area contributed by atoms with Crippen molar-refractivity contribution in [3.05, 3.63) is 29.8 Å². The molecule has 0 aliphatic rings. The molecule has 0 saturated carbocycles. The second kappa shape index (κ2) is 8.00. The van der Waals surface area contributed by atoms with Crippen LogP contribution in [0.4, 0.5) is 0 Å². The Balaban J connectivity index is 2.76. The lowest BCUT2D eigenvalue weighted by atomic mass is 10.1. The van der Waals surface area contributed by atoms with Gasteiger partial charge >= 0.3 is 0 Å². The molecular weight excluding hydrogens is 266 g/mol. The first-order valence-corrected chi connectivity index (χ1v) is 7.11. The monoisotopic (exact) mass is 293 g/mol. The van der Waals surface area contributed by atoms with Gasteiger partial charge in [0.05, 0.1) is 13.2 Å². The van der Waals surface area contributed by atoms with E-state index < -0.39 is 0 Å². The maximum atomic E-state index is 11.9. The lowest BCUT2D eigenvalue weighted by molar-refractivity contribution is -0.130. The Hall–Kier alpha value is -1.59. The van der Waals surface area contributed by atoms with Crippen molar-refractivity contribution in [1.82, 2.24) is 15.1 Å². The standard InChI is InChI=1S/C16H27N3O2/c1-12(16(20)19(4)5)17-11-15(18(2)3)13-8-7-9-14(10-13)21-6/h7-10,12,15,17H,11H2,1-6H3. The van der Waals surface area contributed by atoms with Gasteiger partial charge in [0, 0.05) is 26.7 Å². The highest BCUT2D eigenvalue weighted by Gasteiger charge is 2.19. The van der Waals surface area contributed by atoms with E-state index in [2.05, 4.69) is 16.3 Å². The van der Waals surface area contributed by atoms with E-state index in [0.29, 0.717) is 6.54 Å². The van der Waals surface area contributed by atoms with E-state index in [4.69, 9.17) is 4.74 Å². The predicted molar refractivity (Wildman–Crippen MR) is 85.6 cm³/mol. The molecule has 1 N–H and O–H groups in total. The van der Waals surface area contributed by atoms with Crippen LogP contribution in [0, 0.1) is 0 Å². The second-order valence-corrected chi connectivity index (χ2v) is 5.62. The fraction of sp³-hybridized carbons (Fsp3) is 0.562. The van der Waals surface area contributed by atoms with Crippen molar-refractivity contribution in [2.24, 2.45) is 0 Å². The maximum absolute atomic E-state index is 11.9. The molecule has 1 aromatic carbocycles. The summed E-state index contributed by atoms with van der Waals surface area (Å²) in [5.41, 5.74) is 1.16. The van der Waals surface area contributed by atoms with Gasteiger partial charge in [-0.2, -0.15) is 0 Å². The Kier molecular flexibility index (Phi) is 6.65. The Bertz CT molecular complexity index is 461. The van der Waals surface area contributed by atoms with Crippen molar-refractivity contribution in [3.8, 4) is 5.75 Å². The summed E-state index contributed by atoms with van der Waals surface area (Å²) in [6, 6.07) is 8.00. The SMILES string of the molecule is COc1cccc(C(CNC(C)C(=O)N(C)C)N(C)C)c1. The average molecular weight is 293 g/mol. The van der Waals surface area contributed by atoms with Gasteiger partial charge in [-0.25, -0.2) is 0 Å². The number of likely N-dealkylation sites (N-methyl/N-ethyl adjacent to an activating group) is 2. The molecule has 118 valence electrons. The Labute approximate surface area is 127 Å². The number of benzene rings is 1. The van der Waals surface area contributed by atoms with Crippen LogP contribution in [-0.4, -0.2) is 63.6 Å². The summed E-state index contributed by atoms with van der Waals surface area (Å²) >= 11 is 0. The van der Waals surface area contributed by atoms with Crippen LogP contribution in [0.5, 0.6) is 5.75 Å². The average Bonchev–Trinajstić information content (AvgIpc) is 2.46. The largest absolute Gasteiger partial charge is 0.497 e. The second-order valence-electron chi connectivity index (χ2n) is 5.62. The van der Waals surface area contributed by atoms with Gasteiger partial charge in [0.2, 0.25) is 5.91 Å². The molecule has 0 aliphatic carbocycles. The van der Waals surface area contributed by atoms with E-state index in [1.54, 1.807) is 26.1 Å². The van der Waals surface area contributed by atoms with Gasteiger partial charge in [-0.3, -0.25) is 4.79 Å². The molecule has 0 fully saturated rings. The fourth-order valence-electron chi connectivity index (χ4n) is 2.21. The first kappa shape index (κ1) is 17.5. The number of nitrogens with zero attached hydrogens (tertiary/aromatic N) is 2. The van der Waals surface area contributed by atoms with Gasteiger partial charge < -0.3 is 19.9 Å². The molecule has 0 aliphatic heterocycles. The van der Waals surface area contributed by atoms with Crippen LogP contribution in [0.1, 0.15) is 18.5 Å².